The second-order valence-electron chi connectivity index (χ2n) is 9.32. The van der Waals surface area contributed by atoms with Gasteiger partial charge in [-0.15, -0.1) is 5.10 Å². The number of H-pyrrole nitrogens is 1. The normalized spacial score (nSPS) is 15.8. The van der Waals surface area contributed by atoms with E-state index in [4.69, 9.17) is 4.74 Å². The SMILES string of the molecule is COCCn1nnnc1[C@H](c1cc2cccc(C)c2[nH]c1=O)N1CCN(c2cccc(C(F)(F)F)c2)CC1. The first-order chi connectivity index (χ1) is 18.3. The second-order valence-corrected chi connectivity index (χ2v) is 9.32. The summed E-state index contributed by atoms with van der Waals surface area (Å²) in [5, 5.41) is 13.2. The zero-order chi connectivity index (χ0) is 26.9. The van der Waals surface area contributed by atoms with Gasteiger partial charge in [-0.1, -0.05) is 24.3 Å². The van der Waals surface area contributed by atoms with Gasteiger partial charge in [-0.05, 0) is 52.6 Å². The van der Waals surface area contributed by atoms with Gasteiger partial charge >= 0.3 is 6.18 Å². The number of para-hydroxylation sites is 1. The van der Waals surface area contributed by atoms with Gasteiger partial charge in [0.05, 0.1) is 24.2 Å². The lowest BCUT2D eigenvalue weighted by Crippen LogP contribution is -2.49. The fraction of sp³-hybridized carbons (Fsp3) is 0.385. The van der Waals surface area contributed by atoms with E-state index in [-0.39, 0.29) is 5.56 Å². The summed E-state index contributed by atoms with van der Waals surface area (Å²) < 4.78 is 46.6. The van der Waals surface area contributed by atoms with Crippen molar-refractivity contribution in [3.05, 3.63) is 81.4 Å². The molecular weight excluding hydrogens is 499 g/mol. The molecule has 1 aliphatic heterocycles. The van der Waals surface area contributed by atoms with Gasteiger partial charge in [0.2, 0.25) is 0 Å². The minimum Gasteiger partial charge on any atom is -0.383 e. The summed E-state index contributed by atoms with van der Waals surface area (Å²) in [4.78, 5) is 20.5. The Morgan fingerprint density at radius 3 is 2.58 bits per heavy atom. The Bertz CT molecular complexity index is 1480. The van der Waals surface area contributed by atoms with Gasteiger partial charge in [-0.2, -0.15) is 13.2 Å². The summed E-state index contributed by atoms with van der Waals surface area (Å²) in [5.41, 5.74) is 1.84. The number of nitrogens with one attached hydrogen (secondary N) is 1. The lowest BCUT2D eigenvalue weighted by molar-refractivity contribution is -0.137. The van der Waals surface area contributed by atoms with Crippen molar-refractivity contribution in [3.63, 3.8) is 0 Å². The van der Waals surface area contributed by atoms with Crippen molar-refractivity contribution in [1.29, 1.82) is 0 Å². The Labute approximate surface area is 216 Å². The van der Waals surface area contributed by atoms with Crippen LogP contribution in [0.2, 0.25) is 0 Å². The average molecular weight is 528 g/mol. The van der Waals surface area contributed by atoms with E-state index in [2.05, 4.69) is 25.4 Å². The van der Waals surface area contributed by atoms with E-state index in [1.807, 2.05) is 36.1 Å². The van der Waals surface area contributed by atoms with Crippen LogP contribution in [0.1, 0.15) is 28.6 Å². The number of alkyl halides is 3. The zero-order valence-electron chi connectivity index (χ0n) is 21.1. The molecular formula is C26H28F3N7O2. The summed E-state index contributed by atoms with van der Waals surface area (Å²) in [7, 11) is 1.59. The van der Waals surface area contributed by atoms with Gasteiger partial charge in [0, 0.05) is 44.5 Å². The standard InChI is InChI=1S/C26H28F3N7O2/c1-17-5-3-6-18-15-21(25(37)30-22(17)18)23(24-31-32-33-36(24)13-14-38-2)35-11-9-34(10-12-35)20-8-4-7-19(16-20)26(27,28)29/h3-8,15-16,23H,9-14H2,1-2H3,(H,30,37)/t23-/m0/s1. The predicted octanol–water partition coefficient (Wildman–Crippen LogP) is 3.40. The quantitative estimate of drug-likeness (QED) is 0.394. The molecule has 1 atom stereocenters. The number of hydrogen-bond acceptors (Lipinski definition) is 7. The van der Waals surface area contributed by atoms with Crippen LogP contribution in [-0.4, -0.2) is 70.0 Å². The molecule has 12 heteroatoms. The van der Waals surface area contributed by atoms with E-state index in [9.17, 15) is 18.0 Å². The summed E-state index contributed by atoms with van der Waals surface area (Å²) in [6.45, 7) is 4.66. The van der Waals surface area contributed by atoms with Crippen LogP contribution in [0, 0.1) is 6.92 Å². The number of anilines is 1. The molecule has 1 saturated heterocycles. The van der Waals surface area contributed by atoms with Crippen molar-refractivity contribution in [2.75, 3.05) is 44.8 Å². The number of fused-ring (bicyclic) bond motifs is 1. The summed E-state index contributed by atoms with van der Waals surface area (Å²) >= 11 is 0. The molecule has 0 unspecified atom stereocenters. The number of piperazine rings is 1. The third kappa shape index (κ3) is 5.14. The number of nitrogens with zero attached hydrogens (tertiary/aromatic N) is 6. The molecule has 38 heavy (non-hydrogen) atoms. The average Bonchev–Trinajstić information content (AvgIpc) is 3.36. The van der Waals surface area contributed by atoms with Gasteiger partial charge in [-0.25, -0.2) is 4.68 Å². The van der Waals surface area contributed by atoms with Crippen LogP contribution in [0.25, 0.3) is 10.9 Å². The molecule has 3 heterocycles. The lowest BCUT2D eigenvalue weighted by Gasteiger charge is -2.39. The minimum absolute atomic E-state index is 0.238. The van der Waals surface area contributed by atoms with Crippen LogP contribution in [0.15, 0.2) is 53.3 Å². The van der Waals surface area contributed by atoms with Gasteiger partial charge < -0.3 is 14.6 Å². The molecule has 0 bridgehead atoms. The number of tetrazole rings is 1. The second kappa shape index (κ2) is 10.5. The molecule has 0 amide bonds. The Morgan fingerprint density at radius 1 is 1.08 bits per heavy atom. The molecule has 4 aromatic rings. The number of aromatic nitrogens is 5. The van der Waals surface area contributed by atoms with Crippen molar-refractivity contribution in [2.24, 2.45) is 0 Å². The van der Waals surface area contributed by atoms with Crippen molar-refractivity contribution >= 4 is 16.6 Å². The minimum atomic E-state index is -4.41. The summed E-state index contributed by atoms with van der Waals surface area (Å²) in [6, 6.07) is 12.5. The Hall–Kier alpha value is -3.77. The van der Waals surface area contributed by atoms with E-state index in [0.717, 1.165) is 22.5 Å². The number of aromatic amines is 1. The van der Waals surface area contributed by atoms with Gasteiger partial charge in [0.25, 0.3) is 5.56 Å². The van der Waals surface area contributed by atoms with Crippen LogP contribution in [0.4, 0.5) is 18.9 Å². The molecule has 2 aromatic heterocycles. The highest BCUT2D eigenvalue weighted by Crippen LogP contribution is 2.33. The number of hydrogen-bond donors (Lipinski definition) is 1. The lowest BCUT2D eigenvalue weighted by atomic mass is 10.0. The molecule has 1 N–H and O–H groups in total. The van der Waals surface area contributed by atoms with E-state index < -0.39 is 17.8 Å². The van der Waals surface area contributed by atoms with Crippen LogP contribution in [0.5, 0.6) is 0 Å². The molecule has 0 radical (unpaired) electrons. The molecule has 1 fully saturated rings. The van der Waals surface area contributed by atoms with Crippen molar-refractivity contribution in [1.82, 2.24) is 30.1 Å². The van der Waals surface area contributed by atoms with Crippen LogP contribution < -0.4 is 10.5 Å². The maximum atomic E-state index is 13.4. The van der Waals surface area contributed by atoms with Crippen LogP contribution >= 0.6 is 0 Å². The Balaban J connectivity index is 1.49. The topological polar surface area (TPSA) is 92.2 Å². The Kier molecular flexibility index (Phi) is 7.17. The van der Waals surface area contributed by atoms with Crippen LogP contribution in [-0.2, 0) is 17.5 Å². The first kappa shape index (κ1) is 25.9. The maximum absolute atomic E-state index is 13.4. The van der Waals surface area contributed by atoms with Crippen LogP contribution in [0.3, 0.4) is 0 Å². The molecule has 0 aliphatic carbocycles. The molecule has 5 rings (SSSR count). The highest BCUT2D eigenvalue weighted by Gasteiger charge is 2.34. The molecule has 0 spiro atoms. The number of pyridine rings is 1. The van der Waals surface area contributed by atoms with E-state index in [1.54, 1.807) is 17.9 Å². The number of aryl methyl sites for hydroxylation is 1. The third-order valence-corrected chi connectivity index (χ3v) is 6.94. The number of rotatable bonds is 7. The third-order valence-electron chi connectivity index (χ3n) is 6.94. The number of methoxy groups -OCH3 is 1. The smallest absolute Gasteiger partial charge is 0.383 e. The monoisotopic (exact) mass is 527 g/mol. The first-order valence-electron chi connectivity index (χ1n) is 12.3. The number of benzene rings is 2. The van der Waals surface area contributed by atoms with Crippen molar-refractivity contribution in [2.45, 2.75) is 25.7 Å². The highest BCUT2D eigenvalue weighted by molar-refractivity contribution is 5.82. The van der Waals surface area contributed by atoms with Gasteiger partial charge in [0.1, 0.15) is 6.04 Å². The Morgan fingerprint density at radius 2 is 1.84 bits per heavy atom. The zero-order valence-corrected chi connectivity index (χ0v) is 21.1. The molecule has 2 aromatic carbocycles. The molecule has 9 nitrogen and oxygen atoms in total. The molecule has 1 aliphatic rings. The van der Waals surface area contributed by atoms with E-state index >= 15 is 0 Å². The largest absolute Gasteiger partial charge is 0.416 e. The van der Waals surface area contributed by atoms with Gasteiger partial charge in [0.15, 0.2) is 5.82 Å². The van der Waals surface area contributed by atoms with E-state index in [0.29, 0.717) is 56.4 Å². The van der Waals surface area contributed by atoms with E-state index in [1.165, 1.54) is 12.1 Å². The summed E-state index contributed by atoms with van der Waals surface area (Å²) in [5.74, 6) is 0.507. The number of halogens is 3. The first-order valence-corrected chi connectivity index (χ1v) is 12.3. The van der Waals surface area contributed by atoms with Crippen molar-refractivity contribution < 1.29 is 17.9 Å². The summed E-state index contributed by atoms with van der Waals surface area (Å²) in [6.07, 6.45) is -4.41. The predicted molar refractivity (Wildman–Crippen MR) is 136 cm³/mol. The highest BCUT2D eigenvalue weighted by atomic mass is 19.4. The maximum Gasteiger partial charge on any atom is 0.416 e. The van der Waals surface area contributed by atoms with Gasteiger partial charge in [-0.3, -0.25) is 9.69 Å². The van der Waals surface area contributed by atoms with Crippen molar-refractivity contribution in [3.8, 4) is 0 Å². The fourth-order valence-electron chi connectivity index (χ4n) is 4.96. The molecule has 200 valence electrons. The fourth-order valence-corrected chi connectivity index (χ4v) is 4.96. The number of ether oxygens (including phenoxy) is 1. The molecule has 0 saturated carbocycles.